The number of hydrogen-bond donors (Lipinski definition) is 0. The number of ether oxygens (including phenoxy) is 2. The van der Waals surface area contributed by atoms with Gasteiger partial charge in [0.1, 0.15) is 18.1 Å². The third-order valence-corrected chi connectivity index (χ3v) is 4.90. The summed E-state index contributed by atoms with van der Waals surface area (Å²) >= 11 is 0. The minimum atomic E-state index is 0.543. The summed E-state index contributed by atoms with van der Waals surface area (Å²) in [6.45, 7) is 7.53. The van der Waals surface area contributed by atoms with Crippen molar-refractivity contribution >= 4 is 0 Å². The zero-order valence-electron chi connectivity index (χ0n) is 17.4. The molecule has 0 radical (unpaired) electrons. The van der Waals surface area contributed by atoms with E-state index in [0.717, 1.165) is 41.2 Å². The first-order chi connectivity index (χ1) is 14.2. The summed E-state index contributed by atoms with van der Waals surface area (Å²) in [6.07, 6.45) is 1.13. The summed E-state index contributed by atoms with van der Waals surface area (Å²) in [5, 5.41) is 0. The highest BCUT2D eigenvalue weighted by molar-refractivity contribution is 5.64. The van der Waals surface area contributed by atoms with E-state index in [9.17, 15) is 0 Å². The minimum absolute atomic E-state index is 0.543. The van der Waals surface area contributed by atoms with Gasteiger partial charge in [-0.25, -0.2) is 0 Å². The van der Waals surface area contributed by atoms with E-state index in [1.165, 1.54) is 5.56 Å². The van der Waals surface area contributed by atoms with Crippen LogP contribution < -0.4 is 9.47 Å². The maximum atomic E-state index is 5.91. The molecule has 1 unspecified atom stereocenters. The molecule has 0 fully saturated rings. The topological polar surface area (TPSA) is 18.5 Å². The summed E-state index contributed by atoms with van der Waals surface area (Å²) < 4.78 is 11.7. The van der Waals surface area contributed by atoms with E-state index in [1.54, 1.807) is 0 Å². The zero-order valence-corrected chi connectivity index (χ0v) is 17.4. The summed E-state index contributed by atoms with van der Waals surface area (Å²) in [5.74, 6) is 8.31. The Morgan fingerprint density at radius 1 is 0.759 bits per heavy atom. The van der Waals surface area contributed by atoms with Crippen molar-refractivity contribution in [1.82, 2.24) is 0 Å². The molecule has 0 spiro atoms. The number of hydrogen-bond acceptors (Lipinski definition) is 2. The average Bonchev–Trinajstić information content (AvgIpc) is 2.78. The van der Waals surface area contributed by atoms with Gasteiger partial charge in [-0.2, -0.15) is 0 Å². The smallest absolute Gasteiger partial charge is 0.119 e. The van der Waals surface area contributed by atoms with Crippen molar-refractivity contribution < 1.29 is 9.47 Å². The maximum Gasteiger partial charge on any atom is 0.119 e. The van der Waals surface area contributed by atoms with Crippen LogP contribution in [0.3, 0.4) is 0 Å². The molecular weight excluding hydrogens is 356 g/mol. The van der Waals surface area contributed by atoms with Gasteiger partial charge in [0.2, 0.25) is 0 Å². The highest BCUT2D eigenvalue weighted by Crippen LogP contribution is 2.25. The van der Waals surface area contributed by atoms with E-state index in [2.05, 4.69) is 62.1 Å². The minimum Gasteiger partial charge on any atom is -0.493 e. The maximum absolute atomic E-state index is 5.91. The van der Waals surface area contributed by atoms with Crippen molar-refractivity contribution in [2.75, 3.05) is 6.61 Å². The van der Waals surface area contributed by atoms with Crippen LogP contribution in [0.5, 0.6) is 11.5 Å². The third kappa shape index (κ3) is 6.16. The Hall–Kier alpha value is -3.18. The molecule has 29 heavy (non-hydrogen) atoms. The van der Waals surface area contributed by atoms with E-state index in [-0.39, 0.29) is 0 Å². The molecule has 2 nitrogen and oxygen atoms in total. The Labute approximate surface area is 174 Å². The summed E-state index contributed by atoms with van der Waals surface area (Å²) in [4.78, 5) is 0. The van der Waals surface area contributed by atoms with Crippen molar-refractivity contribution in [2.45, 2.75) is 33.8 Å². The van der Waals surface area contributed by atoms with Crippen LogP contribution in [-0.2, 0) is 6.61 Å². The van der Waals surface area contributed by atoms with E-state index >= 15 is 0 Å². The van der Waals surface area contributed by atoms with Crippen molar-refractivity contribution in [3.05, 3.63) is 83.9 Å². The molecule has 0 saturated heterocycles. The molecule has 1 atom stereocenters. The quantitative estimate of drug-likeness (QED) is 0.401. The molecule has 0 aliphatic carbocycles. The molecule has 148 valence electrons. The predicted molar refractivity (Wildman–Crippen MR) is 120 cm³/mol. The Kier molecular flexibility index (Phi) is 7.36. The van der Waals surface area contributed by atoms with Gasteiger partial charge in [-0.1, -0.05) is 62.6 Å². The third-order valence-electron chi connectivity index (χ3n) is 4.90. The molecular formula is C27H28O2. The predicted octanol–water partition coefficient (Wildman–Crippen LogP) is 6.73. The normalized spacial score (nSPS) is 11.3. The summed E-state index contributed by atoms with van der Waals surface area (Å²) in [5.41, 5.74) is 4.48. The monoisotopic (exact) mass is 384 g/mol. The molecule has 0 N–H and O–H groups in total. The van der Waals surface area contributed by atoms with Gasteiger partial charge >= 0.3 is 0 Å². The van der Waals surface area contributed by atoms with E-state index < -0.39 is 0 Å². The van der Waals surface area contributed by atoms with Crippen LogP contribution in [0.2, 0.25) is 0 Å². The molecule has 0 heterocycles. The first-order valence-electron chi connectivity index (χ1n) is 10.2. The van der Waals surface area contributed by atoms with Crippen LogP contribution >= 0.6 is 0 Å². The second-order valence-electron chi connectivity index (χ2n) is 7.23. The Morgan fingerprint density at radius 2 is 1.31 bits per heavy atom. The molecule has 0 aliphatic heterocycles. The molecule has 3 aromatic rings. The van der Waals surface area contributed by atoms with Gasteiger partial charge in [0, 0.05) is 5.56 Å². The van der Waals surface area contributed by atoms with Gasteiger partial charge in [-0.15, -0.1) is 5.92 Å². The summed E-state index contributed by atoms with van der Waals surface area (Å²) in [6, 6.07) is 24.6. The lowest BCUT2D eigenvalue weighted by atomic mass is 10.1. The highest BCUT2D eigenvalue weighted by Gasteiger charge is 2.03. The molecule has 0 bridgehead atoms. The molecule has 0 aliphatic rings. The first-order valence-corrected chi connectivity index (χ1v) is 10.2. The molecule has 3 rings (SSSR count). The van der Waals surface area contributed by atoms with Gasteiger partial charge in [0.05, 0.1) is 6.61 Å². The molecule has 0 saturated carbocycles. The molecule has 0 aromatic heterocycles. The fourth-order valence-electron chi connectivity index (χ4n) is 2.84. The van der Waals surface area contributed by atoms with Crippen LogP contribution in [0.25, 0.3) is 11.1 Å². The van der Waals surface area contributed by atoms with Crippen LogP contribution in [0.4, 0.5) is 0 Å². The van der Waals surface area contributed by atoms with Crippen molar-refractivity contribution in [3.63, 3.8) is 0 Å². The van der Waals surface area contributed by atoms with Crippen LogP contribution in [-0.4, -0.2) is 6.61 Å². The highest BCUT2D eigenvalue weighted by atomic mass is 16.5. The standard InChI is InChI=1S/C27H28O2/c1-4-6-22-7-9-23(10-8-22)20-29-27-17-13-25(14-18-27)24-11-15-26(16-12-24)28-19-21(3)5-2/h7-18,21H,5,19-20H2,1-3H3. The van der Waals surface area contributed by atoms with E-state index in [4.69, 9.17) is 9.47 Å². The first kappa shape index (κ1) is 20.6. The van der Waals surface area contributed by atoms with E-state index in [0.29, 0.717) is 12.5 Å². The lowest BCUT2D eigenvalue weighted by Gasteiger charge is -2.11. The fraction of sp³-hybridized carbons (Fsp3) is 0.259. The second-order valence-corrected chi connectivity index (χ2v) is 7.23. The van der Waals surface area contributed by atoms with Gasteiger partial charge < -0.3 is 9.47 Å². The Bertz CT molecular complexity index is 943. The van der Waals surface area contributed by atoms with Crippen LogP contribution in [0, 0.1) is 17.8 Å². The van der Waals surface area contributed by atoms with Crippen molar-refractivity contribution in [3.8, 4) is 34.5 Å². The largest absolute Gasteiger partial charge is 0.493 e. The second kappa shape index (κ2) is 10.4. The average molecular weight is 385 g/mol. The van der Waals surface area contributed by atoms with Crippen molar-refractivity contribution in [1.29, 1.82) is 0 Å². The molecule has 2 heteroatoms. The number of rotatable bonds is 8. The Balaban J connectivity index is 1.56. The van der Waals surface area contributed by atoms with Gasteiger partial charge in [-0.3, -0.25) is 0 Å². The lowest BCUT2D eigenvalue weighted by Crippen LogP contribution is -2.06. The fourth-order valence-corrected chi connectivity index (χ4v) is 2.84. The van der Waals surface area contributed by atoms with Crippen LogP contribution in [0.15, 0.2) is 72.8 Å². The zero-order chi connectivity index (χ0) is 20.5. The van der Waals surface area contributed by atoms with Gasteiger partial charge in [0.25, 0.3) is 0 Å². The lowest BCUT2D eigenvalue weighted by molar-refractivity contribution is 0.256. The van der Waals surface area contributed by atoms with Crippen LogP contribution in [0.1, 0.15) is 38.3 Å². The number of benzene rings is 3. The molecule has 3 aromatic carbocycles. The summed E-state index contributed by atoms with van der Waals surface area (Å²) in [7, 11) is 0. The van der Waals surface area contributed by atoms with Crippen molar-refractivity contribution in [2.24, 2.45) is 5.92 Å². The SMILES string of the molecule is CC#Cc1ccc(COc2ccc(-c3ccc(OCC(C)CC)cc3)cc2)cc1. The molecule has 0 amide bonds. The van der Waals surface area contributed by atoms with Gasteiger partial charge in [0.15, 0.2) is 0 Å². The van der Waals surface area contributed by atoms with E-state index in [1.807, 2.05) is 43.3 Å². The Morgan fingerprint density at radius 3 is 1.83 bits per heavy atom. The van der Waals surface area contributed by atoms with Gasteiger partial charge in [-0.05, 0) is 65.9 Å².